The molecule has 2 rings (SSSR count). The average molecular weight is 261 g/mol. The van der Waals surface area contributed by atoms with E-state index in [4.69, 9.17) is 5.73 Å². The van der Waals surface area contributed by atoms with Gasteiger partial charge in [0.05, 0.1) is 12.8 Å². The number of rotatable bonds is 3. The van der Waals surface area contributed by atoms with Gasteiger partial charge < -0.3 is 11.1 Å². The predicted octanol–water partition coefficient (Wildman–Crippen LogP) is -0.315. The van der Waals surface area contributed by atoms with Gasteiger partial charge in [0.1, 0.15) is 6.04 Å². The lowest BCUT2D eigenvalue weighted by atomic mass is 10.1. The van der Waals surface area contributed by atoms with E-state index in [0.717, 1.165) is 10.5 Å². The van der Waals surface area contributed by atoms with Crippen LogP contribution in [0.5, 0.6) is 0 Å². The number of likely N-dealkylation sites (tertiary alicyclic amines) is 1. The van der Waals surface area contributed by atoms with Crippen LogP contribution in [0.3, 0.4) is 0 Å². The van der Waals surface area contributed by atoms with Crippen molar-refractivity contribution >= 4 is 23.4 Å². The molecule has 19 heavy (non-hydrogen) atoms. The van der Waals surface area contributed by atoms with Gasteiger partial charge in [0.25, 0.3) is 5.91 Å². The van der Waals surface area contributed by atoms with Crippen molar-refractivity contribution in [2.45, 2.75) is 18.9 Å². The zero-order chi connectivity index (χ0) is 14.0. The van der Waals surface area contributed by atoms with Gasteiger partial charge in [0.15, 0.2) is 0 Å². The molecule has 3 amide bonds. The van der Waals surface area contributed by atoms with Gasteiger partial charge >= 0.3 is 0 Å². The van der Waals surface area contributed by atoms with Crippen LogP contribution in [0.4, 0.5) is 5.69 Å². The van der Waals surface area contributed by atoms with Crippen LogP contribution in [0.25, 0.3) is 0 Å². The number of carbonyl (C=O) groups is 3. The molecule has 1 fully saturated rings. The van der Waals surface area contributed by atoms with E-state index in [2.05, 4.69) is 5.32 Å². The van der Waals surface area contributed by atoms with Crippen LogP contribution in [0.15, 0.2) is 24.3 Å². The van der Waals surface area contributed by atoms with Crippen LogP contribution in [-0.4, -0.2) is 35.7 Å². The van der Waals surface area contributed by atoms with E-state index in [9.17, 15) is 14.4 Å². The summed E-state index contributed by atoms with van der Waals surface area (Å²) < 4.78 is 0. The minimum absolute atomic E-state index is 0.0306. The second-order valence-corrected chi connectivity index (χ2v) is 4.53. The fraction of sp³-hybridized carbons (Fsp3) is 0.308. The van der Waals surface area contributed by atoms with Gasteiger partial charge in [-0.25, -0.2) is 0 Å². The van der Waals surface area contributed by atoms with Gasteiger partial charge in [0.2, 0.25) is 11.8 Å². The Bertz CT molecular complexity index is 524. The first kappa shape index (κ1) is 13.1. The minimum Gasteiger partial charge on any atom is -0.399 e. The van der Waals surface area contributed by atoms with Crippen molar-refractivity contribution in [2.24, 2.45) is 0 Å². The van der Waals surface area contributed by atoms with Crippen molar-refractivity contribution < 1.29 is 14.4 Å². The third-order valence-electron chi connectivity index (χ3n) is 3.06. The molecular weight excluding hydrogens is 246 g/mol. The van der Waals surface area contributed by atoms with Gasteiger partial charge in [-0.2, -0.15) is 0 Å². The first-order valence-electron chi connectivity index (χ1n) is 5.91. The summed E-state index contributed by atoms with van der Waals surface area (Å²) in [4.78, 5) is 35.8. The Balaban J connectivity index is 1.93. The molecule has 0 aromatic heterocycles. The Hall–Kier alpha value is -2.37. The number of nitrogens with two attached hydrogens (primary N) is 1. The Morgan fingerprint density at radius 3 is 2.53 bits per heavy atom. The number of amides is 3. The van der Waals surface area contributed by atoms with Crippen LogP contribution in [0, 0.1) is 0 Å². The number of anilines is 1. The molecule has 0 spiro atoms. The highest BCUT2D eigenvalue weighted by atomic mass is 16.2. The highest BCUT2D eigenvalue weighted by molar-refractivity contribution is 6.06. The number of hydrogen-bond acceptors (Lipinski definition) is 4. The van der Waals surface area contributed by atoms with Crippen molar-refractivity contribution in [3.63, 3.8) is 0 Å². The topological polar surface area (TPSA) is 92.5 Å². The second-order valence-electron chi connectivity index (χ2n) is 4.53. The van der Waals surface area contributed by atoms with Crippen molar-refractivity contribution in [1.29, 1.82) is 0 Å². The number of imide groups is 1. The molecule has 0 saturated carbocycles. The zero-order valence-corrected chi connectivity index (χ0v) is 10.6. The summed E-state index contributed by atoms with van der Waals surface area (Å²) in [5, 5.41) is 2.57. The second kappa shape index (κ2) is 5.09. The molecule has 1 atom stereocenters. The molecule has 0 bridgehead atoms. The highest BCUT2D eigenvalue weighted by Crippen LogP contribution is 2.11. The van der Waals surface area contributed by atoms with Crippen molar-refractivity contribution in [2.75, 3.05) is 12.8 Å². The molecular formula is C13H15N3O3. The average Bonchev–Trinajstić information content (AvgIpc) is 2.60. The smallest absolute Gasteiger partial charge is 0.252 e. The van der Waals surface area contributed by atoms with Crippen LogP contribution in [0.1, 0.15) is 12.0 Å². The molecule has 1 aromatic carbocycles. The molecule has 1 aliphatic rings. The lowest BCUT2D eigenvalue weighted by Gasteiger charge is -2.11. The third-order valence-corrected chi connectivity index (χ3v) is 3.06. The van der Waals surface area contributed by atoms with Gasteiger partial charge in [-0.3, -0.25) is 19.3 Å². The number of nitrogens with zero attached hydrogens (tertiary/aromatic N) is 1. The van der Waals surface area contributed by atoms with Crippen molar-refractivity contribution in [3.05, 3.63) is 29.8 Å². The molecule has 1 aromatic rings. The third kappa shape index (κ3) is 2.90. The largest absolute Gasteiger partial charge is 0.399 e. The van der Waals surface area contributed by atoms with E-state index in [-0.39, 0.29) is 30.6 Å². The summed E-state index contributed by atoms with van der Waals surface area (Å²) in [6, 6.07) is 6.19. The molecule has 1 aliphatic heterocycles. The van der Waals surface area contributed by atoms with E-state index >= 15 is 0 Å². The molecule has 1 heterocycles. The Morgan fingerprint density at radius 2 is 2.00 bits per heavy atom. The summed E-state index contributed by atoms with van der Waals surface area (Å²) in [6.45, 7) is 0. The first-order chi connectivity index (χ1) is 8.97. The van der Waals surface area contributed by atoms with E-state index < -0.39 is 6.04 Å². The number of nitrogens with one attached hydrogen (secondary N) is 1. The number of nitrogen functional groups attached to an aromatic ring is 1. The SMILES string of the molecule is CN1C(=O)CC(NC(=O)Cc2ccc(N)cc2)C1=O. The summed E-state index contributed by atoms with van der Waals surface area (Å²) in [7, 11) is 1.41. The fourth-order valence-corrected chi connectivity index (χ4v) is 1.93. The molecule has 3 N–H and O–H groups in total. The number of carbonyl (C=O) groups excluding carboxylic acids is 3. The summed E-state index contributed by atoms with van der Waals surface area (Å²) >= 11 is 0. The standard InChI is InChI=1S/C13H15N3O3/c1-16-12(18)7-10(13(16)19)15-11(17)6-8-2-4-9(14)5-3-8/h2-5,10H,6-7,14H2,1H3,(H,15,17). The Labute approximate surface area is 110 Å². The molecule has 100 valence electrons. The Kier molecular flexibility index (Phi) is 3.50. The number of hydrogen-bond donors (Lipinski definition) is 2. The maximum atomic E-state index is 11.8. The number of benzene rings is 1. The predicted molar refractivity (Wildman–Crippen MR) is 68.9 cm³/mol. The molecule has 6 nitrogen and oxygen atoms in total. The van der Waals surface area contributed by atoms with Gasteiger partial charge in [0, 0.05) is 12.7 Å². The van der Waals surface area contributed by atoms with E-state index in [1.807, 2.05) is 0 Å². The fourth-order valence-electron chi connectivity index (χ4n) is 1.93. The van der Waals surface area contributed by atoms with E-state index in [0.29, 0.717) is 5.69 Å². The molecule has 0 aliphatic carbocycles. The van der Waals surface area contributed by atoms with Crippen LogP contribution < -0.4 is 11.1 Å². The first-order valence-corrected chi connectivity index (χ1v) is 5.91. The summed E-state index contributed by atoms with van der Waals surface area (Å²) in [5.41, 5.74) is 6.98. The van der Waals surface area contributed by atoms with E-state index in [1.165, 1.54) is 7.05 Å². The lowest BCUT2D eigenvalue weighted by Crippen LogP contribution is -2.41. The molecule has 1 saturated heterocycles. The summed E-state index contributed by atoms with van der Waals surface area (Å²) in [5.74, 6) is -0.926. The van der Waals surface area contributed by atoms with Gasteiger partial charge in [-0.15, -0.1) is 0 Å². The summed E-state index contributed by atoms with van der Waals surface area (Å²) in [6.07, 6.45) is 0.185. The lowest BCUT2D eigenvalue weighted by molar-refractivity contribution is -0.138. The van der Waals surface area contributed by atoms with Crippen molar-refractivity contribution in [1.82, 2.24) is 10.2 Å². The maximum Gasteiger partial charge on any atom is 0.252 e. The van der Waals surface area contributed by atoms with Gasteiger partial charge in [-0.1, -0.05) is 12.1 Å². The van der Waals surface area contributed by atoms with Crippen LogP contribution in [0.2, 0.25) is 0 Å². The monoisotopic (exact) mass is 261 g/mol. The Morgan fingerprint density at radius 1 is 1.37 bits per heavy atom. The van der Waals surface area contributed by atoms with E-state index in [1.54, 1.807) is 24.3 Å². The van der Waals surface area contributed by atoms with Crippen LogP contribution >= 0.6 is 0 Å². The quantitative estimate of drug-likeness (QED) is 0.576. The normalized spacial score (nSPS) is 18.8. The minimum atomic E-state index is -0.737. The van der Waals surface area contributed by atoms with Crippen molar-refractivity contribution in [3.8, 4) is 0 Å². The molecule has 1 unspecified atom stereocenters. The maximum absolute atomic E-state index is 11.8. The van der Waals surface area contributed by atoms with Crippen LogP contribution in [-0.2, 0) is 20.8 Å². The molecule has 6 heteroatoms. The molecule has 0 radical (unpaired) electrons. The highest BCUT2D eigenvalue weighted by Gasteiger charge is 2.36. The zero-order valence-electron chi connectivity index (χ0n) is 10.6. The number of likely N-dealkylation sites (N-methyl/N-ethyl adjacent to an activating group) is 1. The van der Waals surface area contributed by atoms with Gasteiger partial charge in [-0.05, 0) is 17.7 Å².